The van der Waals surface area contributed by atoms with Gasteiger partial charge in [0.1, 0.15) is 17.7 Å². The molecule has 0 atom stereocenters. The average Bonchev–Trinajstić information content (AvgIpc) is 3.45. The Kier molecular flexibility index (Phi) is 5.61. The van der Waals surface area contributed by atoms with Gasteiger partial charge in [0.2, 0.25) is 5.28 Å². The summed E-state index contributed by atoms with van der Waals surface area (Å²) < 4.78 is 29.9. The van der Waals surface area contributed by atoms with Crippen LogP contribution in [0, 0.1) is 27.7 Å². The molecule has 0 aliphatic rings. The molecule has 0 aliphatic heterocycles. The summed E-state index contributed by atoms with van der Waals surface area (Å²) in [5.74, 6) is 0.722. The largest absolute Gasteiger partial charge is 0.322 e. The normalized spacial score (nSPS) is 11.8. The fraction of sp³-hybridized carbons (Fsp3) is 0.160. The van der Waals surface area contributed by atoms with Crippen molar-refractivity contribution in [3.8, 4) is 5.69 Å². The summed E-state index contributed by atoms with van der Waals surface area (Å²) in [7, 11) is -3.89. The van der Waals surface area contributed by atoms with E-state index in [0.29, 0.717) is 11.3 Å². The highest BCUT2D eigenvalue weighted by molar-refractivity contribution is 7.90. The Bertz CT molecular complexity index is 1660. The van der Waals surface area contributed by atoms with E-state index in [4.69, 9.17) is 11.6 Å². The van der Waals surface area contributed by atoms with Crippen molar-refractivity contribution in [2.45, 2.75) is 32.6 Å². The van der Waals surface area contributed by atoms with E-state index in [1.165, 1.54) is 22.9 Å². The number of nitrogens with one attached hydrogen (secondary N) is 1. The van der Waals surface area contributed by atoms with Crippen molar-refractivity contribution in [3.63, 3.8) is 0 Å². The molecule has 5 rings (SSSR count). The minimum Gasteiger partial charge on any atom is -0.322 e. The maximum Gasteiger partial charge on any atom is 0.268 e. The van der Waals surface area contributed by atoms with Crippen molar-refractivity contribution < 1.29 is 8.42 Å². The first-order valence-electron chi connectivity index (χ1n) is 10.9. The number of aromatic nitrogens is 5. The first-order valence-corrected chi connectivity index (χ1v) is 12.7. The van der Waals surface area contributed by atoms with Crippen LogP contribution in [0.15, 0.2) is 66.1 Å². The Morgan fingerprint density at radius 2 is 1.63 bits per heavy atom. The summed E-state index contributed by atoms with van der Waals surface area (Å²) in [4.78, 5) is 13.1. The number of halogens is 1. The van der Waals surface area contributed by atoms with Crippen molar-refractivity contribution in [2.75, 3.05) is 5.32 Å². The maximum atomic E-state index is 13.4. The highest BCUT2D eigenvalue weighted by Crippen LogP contribution is 2.29. The Labute approximate surface area is 208 Å². The predicted octanol–water partition coefficient (Wildman–Crippen LogP) is 5.48. The molecule has 10 heteroatoms. The molecule has 0 radical (unpaired) electrons. The number of hydrogen-bond acceptors (Lipinski definition) is 6. The predicted molar refractivity (Wildman–Crippen MR) is 137 cm³/mol. The Hall–Kier alpha value is -3.69. The van der Waals surface area contributed by atoms with Gasteiger partial charge in [0.05, 0.1) is 16.6 Å². The minimum atomic E-state index is -3.89. The number of hydrogen-bond donors (Lipinski definition) is 1. The number of rotatable bonds is 5. The number of anilines is 2. The first-order chi connectivity index (χ1) is 16.6. The second kappa shape index (κ2) is 8.51. The first kappa shape index (κ1) is 23.1. The van der Waals surface area contributed by atoms with E-state index in [1.807, 2.05) is 17.7 Å². The summed E-state index contributed by atoms with van der Waals surface area (Å²) in [5, 5.41) is 3.12. The zero-order chi connectivity index (χ0) is 24.9. The van der Waals surface area contributed by atoms with Crippen LogP contribution in [0.4, 0.5) is 11.6 Å². The van der Waals surface area contributed by atoms with Crippen LogP contribution in [0.1, 0.15) is 22.3 Å². The van der Waals surface area contributed by atoms with E-state index in [1.54, 1.807) is 36.7 Å². The molecule has 3 heterocycles. The van der Waals surface area contributed by atoms with Crippen LogP contribution in [-0.4, -0.2) is 31.9 Å². The summed E-state index contributed by atoms with van der Waals surface area (Å²) >= 11 is 6.15. The van der Waals surface area contributed by atoms with E-state index < -0.39 is 10.0 Å². The molecular weight excluding hydrogens is 484 g/mol. The maximum absolute atomic E-state index is 13.4. The third kappa shape index (κ3) is 4.17. The Morgan fingerprint density at radius 3 is 2.31 bits per heavy atom. The van der Waals surface area contributed by atoms with Gasteiger partial charge in [-0.3, -0.25) is 0 Å². The topological polar surface area (TPSA) is 94.7 Å². The van der Waals surface area contributed by atoms with Crippen LogP contribution < -0.4 is 5.32 Å². The molecular formula is C25H23ClN6O2S. The number of aryl methyl sites for hydroxylation is 3. The van der Waals surface area contributed by atoms with Crippen molar-refractivity contribution in [1.29, 1.82) is 0 Å². The molecule has 8 nitrogen and oxygen atoms in total. The third-order valence-corrected chi connectivity index (χ3v) is 7.95. The zero-order valence-electron chi connectivity index (χ0n) is 19.6. The summed E-state index contributed by atoms with van der Waals surface area (Å²) in [6.07, 6.45) is 4.95. The van der Waals surface area contributed by atoms with Gasteiger partial charge in [0.15, 0.2) is 5.82 Å². The van der Waals surface area contributed by atoms with E-state index in [-0.39, 0.29) is 21.5 Å². The van der Waals surface area contributed by atoms with Crippen LogP contribution in [-0.2, 0) is 10.0 Å². The molecule has 1 N–H and O–H groups in total. The molecule has 178 valence electrons. The standard InChI is InChI=1S/C25H23ClN6O2S/c1-15-5-7-20(8-6-15)35(33,34)32-10-9-21-23(32)24(30-25(26)28-21)29-22-13-31(14-27-22)19-11-16(2)18(4)17(3)12-19/h5-14H,1-4H3,(H,28,29,30). The van der Waals surface area contributed by atoms with Crippen molar-refractivity contribution in [3.05, 3.63) is 88.7 Å². The molecule has 0 fully saturated rings. The van der Waals surface area contributed by atoms with Gasteiger partial charge in [-0.05, 0) is 86.3 Å². The van der Waals surface area contributed by atoms with Crippen LogP contribution >= 0.6 is 11.6 Å². The summed E-state index contributed by atoms with van der Waals surface area (Å²) in [5.41, 5.74) is 6.24. The quantitative estimate of drug-likeness (QED) is 0.317. The van der Waals surface area contributed by atoms with E-state index in [2.05, 4.69) is 53.2 Å². The second-order valence-electron chi connectivity index (χ2n) is 8.50. The van der Waals surface area contributed by atoms with Gasteiger partial charge in [0.25, 0.3) is 10.0 Å². The lowest BCUT2D eigenvalue weighted by atomic mass is 10.0. The van der Waals surface area contributed by atoms with Crippen molar-refractivity contribution in [2.24, 2.45) is 0 Å². The highest BCUT2D eigenvalue weighted by Gasteiger charge is 2.23. The fourth-order valence-corrected chi connectivity index (χ4v) is 5.44. The van der Waals surface area contributed by atoms with Gasteiger partial charge >= 0.3 is 0 Å². The Balaban J connectivity index is 1.57. The SMILES string of the molecule is Cc1ccc(S(=O)(=O)n2ccc3nc(Cl)nc(Nc4cn(-c5cc(C)c(C)c(C)c5)cn4)c32)cc1. The van der Waals surface area contributed by atoms with Crippen molar-refractivity contribution in [1.82, 2.24) is 23.5 Å². The van der Waals surface area contributed by atoms with Gasteiger partial charge < -0.3 is 9.88 Å². The average molecular weight is 507 g/mol. The van der Waals surface area contributed by atoms with E-state index >= 15 is 0 Å². The monoisotopic (exact) mass is 506 g/mol. The highest BCUT2D eigenvalue weighted by atomic mass is 35.5. The number of nitrogens with zero attached hydrogens (tertiary/aromatic N) is 5. The lowest BCUT2D eigenvalue weighted by molar-refractivity contribution is 0.589. The molecule has 2 aromatic carbocycles. The molecule has 0 amide bonds. The summed E-state index contributed by atoms with van der Waals surface area (Å²) in [6, 6.07) is 12.4. The molecule has 3 aromatic heterocycles. The molecule has 5 aromatic rings. The molecule has 0 bridgehead atoms. The van der Waals surface area contributed by atoms with Gasteiger partial charge in [-0.15, -0.1) is 0 Å². The number of benzene rings is 2. The van der Waals surface area contributed by atoms with Gasteiger partial charge in [-0.2, -0.15) is 4.98 Å². The molecule has 0 unspecified atom stereocenters. The molecule has 0 spiro atoms. The van der Waals surface area contributed by atoms with Crippen LogP contribution in [0.3, 0.4) is 0 Å². The van der Waals surface area contributed by atoms with Crippen LogP contribution in [0.5, 0.6) is 0 Å². The van der Waals surface area contributed by atoms with Gasteiger partial charge in [-0.25, -0.2) is 22.4 Å². The smallest absolute Gasteiger partial charge is 0.268 e. The lowest BCUT2D eigenvalue weighted by Gasteiger charge is -2.11. The number of fused-ring (bicyclic) bond motifs is 1. The van der Waals surface area contributed by atoms with E-state index in [0.717, 1.165) is 15.2 Å². The third-order valence-electron chi connectivity index (χ3n) is 6.09. The molecule has 0 aliphatic carbocycles. The fourth-order valence-electron chi connectivity index (χ4n) is 3.91. The molecule has 0 saturated heterocycles. The van der Waals surface area contributed by atoms with Crippen LogP contribution in [0.25, 0.3) is 16.7 Å². The summed E-state index contributed by atoms with van der Waals surface area (Å²) in [6.45, 7) is 8.14. The van der Waals surface area contributed by atoms with Crippen molar-refractivity contribution >= 4 is 44.3 Å². The van der Waals surface area contributed by atoms with Crippen LogP contribution in [0.2, 0.25) is 5.28 Å². The van der Waals surface area contributed by atoms with Gasteiger partial charge in [0, 0.05) is 11.9 Å². The lowest BCUT2D eigenvalue weighted by Crippen LogP contribution is -2.13. The Morgan fingerprint density at radius 1 is 0.943 bits per heavy atom. The number of imidazole rings is 1. The molecule has 35 heavy (non-hydrogen) atoms. The van der Waals surface area contributed by atoms with Gasteiger partial charge in [-0.1, -0.05) is 17.7 Å². The minimum absolute atomic E-state index is 0.00491. The van der Waals surface area contributed by atoms with E-state index in [9.17, 15) is 8.42 Å². The zero-order valence-corrected chi connectivity index (χ0v) is 21.2. The molecule has 0 saturated carbocycles. The second-order valence-corrected chi connectivity index (χ2v) is 10.7.